The number of hydrogen-bond donors (Lipinski definition) is 1. The SMILES string of the molecule is CC1=CC(C)=[N+]2C1=C(Cc1c(COc3cccc4ccccc34)cc(=O)n3c1SC[C@H]3C(=O)O)c1c(C)cc(C)n1[B-]2(F)F. The number of hydrogen-bond acceptors (Lipinski definition) is 4. The molecule has 3 aliphatic heterocycles. The molecule has 224 valence electrons. The second-order valence-corrected chi connectivity index (χ2v) is 12.7. The molecule has 0 amide bonds. The molecule has 2 aromatic heterocycles. The van der Waals surface area contributed by atoms with Gasteiger partial charge in [0.15, 0.2) is 5.70 Å². The average Bonchev–Trinajstić information content (AvgIpc) is 3.65. The Hall–Kier alpha value is -4.38. The number of fused-ring (bicyclic) bond motifs is 4. The number of rotatable bonds is 6. The minimum absolute atomic E-state index is 0.0517. The number of allylic oxidation sites excluding steroid dienone is 3. The summed E-state index contributed by atoms with van der Waals surface area (Å²) < 4.78 is 42.4. The van der Waals surface area contributed by atoms with Crippen LogP contribution in [0, 0.1) is 13.8 Å². The summed E-state index contributed by atoms with van der Waals surface area (Å²) in [6.45, 7) is 2.97. The highest BCUT2D eigenvalue weighted by molar-refractivity contribution is 7.99. The first kappa shape index (κ1) is 28.4. The maximum Gasteiger partial charge on any atom is 0.737 e. The van der Waals surface area contributed by atoms with Crippen LogP contribution >= 0.6 is 11.8 Å². The minimum atomic E-state index is -4.14. The maximum atomic E-state index is 16.2. The van der Waals surface area contributed by atoms with Gasteiger partial charge in [0.25, 0.3) is 5.56 Å². The van der Waals surface area contributed by atoms with Gasteiger partial charge in [-0.3, -0.25) is 9.36 Å². The van der Waals surface area contributed by atoms with Gasteiger partial charge in [0.1, 0.15) is 24.1 Å². The Morgan fingerprint density at radius 3 is 2.64 bits per heavy atom. The second-order valence-electron chi connectivity index (χ2n) is 11.7. The third-order valence-electron chi connectivity index (χ3n) is 8.89. The Morgan fingerprint density at radius 2 is 1.86 bits per heavy atom. The molecule has 7 rings (SSSR count). The summed E-state index contributed by atoms with van der Waals surface area (Å²) in [4.78, 5) is 25.6. The number of carboxylic acid groups (broad SMARTS) is 1. The van der Waals surface area contributed by atoms with Crippen LogP contribution in [0.4, 0.5) is 8.63 Å². The molecule has 3 aliphatic rings. The summed E-state index contributed by atoms with van der Waals surface area (Å²) in [5, 5.41) is 12.4. The Balaban J connectivity index is 1.42. The van der Waals surface area contributed by atoms with Crippen molar-refractivity contribution in [1.82, 2.24) is 9.05 Å². The van der Waals surface area contributed by atoms with Crippen molar-refractivity contribution in [3.05, 3.63) is 110 Å². The number of aromatic nitrogens is 2. The molecule has 0 radical (unpaired) electrons. The first-order valence-electron chi connectivity index (χ1n) is 14.5. The third kappa shape index (κ3) is 4.12. The van der Waals surface area contributed by atoms with Crippen LogP contribution in [0.3, 0.4) is 0 Å². The number of carboxylic acids is 1. The Labute approximate surface area is 256 Å². The van der Waals surface area contributed by atoms with E-state index in [0.29, 0.717) is 50.3 Å². The molecular formula is C33H30BF2N3O4S. The highest BCUT2D eigenvalue weighted by atomic mass is 32.2. The van der Waals surface area contributed by atoms with Gasteiger partial charge < -0.3 is 27.4 Å². The van der Waals surface area contributed by atoms with Gasteiger partial charge in [0.05, 0.1) is 5.03 Å². The normalized spacial score (nSPS) is 18.4. The molecule has 1 atom stereocenters. The van der Waals surface area contributed by atoms with Gasteiger partial charge >= 0.3 is 12.9 Å². The molecule has 0 bridgehead atoms. The summed E-state index contributed by atoms with van der Waals surface area (Å²) in [5.41, 5.74) is 4.92. The third-order valence-corrected chi connectivity index (χ3v) is 10.1. The van der Waals surface area contributed by atoms with Crippen molar-refractivity contribution < 1.29 is 27.8 Å². The highest BCUT2D eigenvalue weighted by Crippen LogP contribution is 2.45. The van der Waals surface area contributed by atoms with Crippen molar-refractivity contribution in [3.8, 4) is 5.75 Å². The first-order valence-corrected chi connectivity index (χ1v) is 15.5. The number of aliphatic carboxylic acids is 1. The maximum absolute atomic E-state index is 16.2. The molecule has 2 aromatic carbocycles. The fourth-order valence-electron chi connectivity index (χ4n) is 7.12. The van der Waals surface area contributed by atoms with Crippen LogP contribution in [0.2, 0.25) is 0 Å². The van der Waals surface area contributed by atoms with Crippen molar-refractivity contribution in [1.29, 1.82) is 0 Å². The molecule has 0 unspecified atom stereocenters. The van der Waals surface area contributed by atoms with Crippen LogP contribution in [0.15, 0.2) is 81.8 Å². The van der Waals surface area contributed by atoms with E-state index in [-0.39, 0.29) is 18.8 Å². The number of halogens is 2. The van der Waals surface area contributed by atoms with E-state index in [4.69, 9.17) is 4.74 Å². The monoisotopic (exact) mass is 613 g/mol. The number of carbonyl (C=O) groups is 1. The van der Waals surface area contributed by atoms with Gasteiger partial charge in [-0.25, -0.2) is 4.79 Å². The van der Waals surface area contributed by atoms with Gasteiger partial charge in [-0.05, 0) is 55.1 Å². The van der Waals surface area contributed by atoms with Crippen LogP contribution < -0.4 is 10.3 Å². The first-order chi connectivity index (χ1) is 21.0. The van der Waals surface area contributed by atoms with Crippen molar-refractivity contribution in [2.24, 2.45) is 0 Å². The smallest absolute Gasteiger partial charge is 0.488 e. The van der Waals surface area contributed by atoms with Crippen molar-refractivity contribution >= 4 is 46.8 Å². The lowest BCUT2D eigenvalue weighted by molar-refractivity contribution is -0.363. The van der Waals surface area contributed by atoms with Gasteiger partial charge in [0.2, 0.25) is 0 Å². The van der Waals surface area contributed by atoms with E-state index in [2.05, 4.69) is 0 Å². The van der Waals surface area contributed by atoms with E-state index >= 15 is 8.63 Å². The molecule has 5 heterocycles. The number of benzene rings is 2. The van der Waals surface area contributed by atoms with Crippen LogP contribution in [0.1, 0.15) is 48.0 Å². The van der Waals surface area contributed by atoms with E-state index in [9.17, 15) is 14.7 Å². The average molecular weight is 613 g/mol. The number of thioether (sulfide) groups is 1. The zero-order valence-corrected chi connectivity index (χ0v) is 25.5. The predicted molar refractivity (Wildman–Crippen MR) is 169 cm³/mol. The standard InChI is InChI=1S/C33H30BF2N3O4S/c1-18-12-20(3)38-30(18)26(31-19(2)13-21(4)39(31)34(38,35)36)15-25-23(14-29(40)37-27(33(41)42)17-44-32(25)37)16-43-28-11-7-9-22-8-5-6-10-24(22)28/h5-14,27H,15-17H2,1-4H3,(H,41,42)/t27-/m0/s1. The van der Waals surface area contributed by atoms with Crippen molar-refractivity contribution in [3.63, 3.8) is 0 Å². The van der Waals surface area contributed by atoms with Crippen LogP contribution in [-0.2, 0) is 17.8 Å². The van der Waals surface area contributed by atoms with Crippen LogP contribution in [0.5, 0.6) is 5.75 Å². The van der Waals surface area contributed by atoms with E-state index < -0.39 is 24.5 Å². The van der Waals surface area contributed by atoms with Crippen molar-refractivity contribution in [2.45, 2.75) is 51.8 Å². The number of aryl methyl sites for hydroxylation is 2. The summed E-state index contributed by atoms with van der Waals surface area (Å²) in [5.74, 6) is -0.235. The van der Waals surface area contributed by atoms with Crippen LogP contribution in [-0.4, -0.2) is 43.0 Å². The molecule has 44 heavy (non-hydrogen) atoms. The second kappa shape index (κ2) is 10.1. The van der Waals surface area contributed by atoms with Crippen LogP contribution in [0.25, 0.3) is 16.3 Å². The number of pyridine rings is 1. The molecule has 1 N–H and O–H groups in total. The summed E-state index contributed by atoms with van der Waals surface area (Å²) in [6.07, 6.45) is 1.99. The lowest BCUT2D eigenvalue weighted by atomic mass is 9.84. The van der Waals surface area contributed by atoms with E-state index in [1.54, 1.807) is 26.0 Å². The lowest BCUT2D eigenvalue weighted by Gasteiger charge is -2.34. The van der Waals surface area contributed by atoms with Crippen molar-refractivity contribution in [2.75, 3.05) is 5.75 Å². The largest absolute Gasteiger partial charge is 0.737 e. The quantitative estimate of drug-likeness (QED) is 0.257. The molecule has 11 heteroatoms. The summed E-state index contributed by atoms with van der Waals surface area (Å²) >= 11 is 1.31. The van der Waals surface area contributed by atoms with Gasteiger partial charge in [-0.1, -0.05) is 36.4 Å². The van der Waals surface area contributed by atoms with E-state index in [1.807, 2.05) is 56.3 Å². The number of nitrogens with zero attached hydrogens (tertiary/aromatic N) is 3. The van der Waals surface area contributed by atoms with Gasteiger partial charge in [-0.2, -0.15) is 0 Å². The summed E-state index contributed by atoms with van der Waals surface area (Å²) in [7, 11) is 0. The molecule has 0 fully saturated rings. The number of ether oxygens (including phenoxy) is 1. The summed E-state index contributed by atoms with van der Waals surface area (Å²) in [6, 6.07) is 15.8. The molecular weight excluding hydrogens is 583 g/mol. The van der Waals surface area contributed by atoms with Gasteiger partial charge in [0, 0.05) is 59.0 Å². The highest BCUT2D eigenvalue weighted by Gasteiger charge is 2.55. The molecule has 0 aliphatic carbocycles. The Morgan fingerprint density at radius 1 is 1.11 bits per heavy atom. The molecule has 0 saturated heterocycles. The van der Waals surface area contributed by atoms with E-state index in [1.165, 1.54) is 22.4 Å². The molecule has 0 spiro atoms. The molecule has 0 saturated carbocycles. The fraction of sp³-hybridized carbons (Fsp3) is 0.242. The van der Waals surface area contributed by atoms with E-state index in [0.717, 1.165) is 30.9 Å². The lowest BCUT2D eigenvalue weighted by Crippen LogP contribution is -2.51. The minimum Gasteiger partial charge on any atom is -0.488 e. The Kier molecular flexibility index (Phi) is 6.51. The topological polar surface area (TPSA) is 76.5 Å². The molecule has 7 nitrogen and oxygen atoms in total. The zero-order valence-electron chi connectivity index (χ0n) is 24.7. The molecule has 4 aromatic rings. The fourth-order valence-corrected chi connectivity index (χ4v) is 8.47. The predicted octanol–water partition coefficient (Wildman–Crippen LogP) is 6.35. The Bertz CT molecular complexity index is 2090. The zero-order chi connectivity index (χ0) is 31.1. The van der Waals surface area contributed by atoms with Gasteiger partial charge in [-0.15, -0.1) is 11.8 Å².